The van der Waals surface area contributed by atoms with Crippen LogP contribution in [0.4, 0.5) is 5.69 Å². The van der Waals surface area contributed by atoms with Gasteiger partial charge in [-0.05, 0) is 41.8 Å². The molecule has 1 heterocycles. The lowest BCUT2D eigenvalue weighted by Crippen LogP contribution is -2.58. The van der Waals surface area contributed by atoms with Gasteiger partial charge in [0.25, 0.3) is 0 Å². The van der Waals surface area contributed by atoms with Crippen molar-refractivity contribution >= 4 is 5.69 Å². The van der Waals surface area contributed by atoms with Crippen molar-refractivity contribution in [1.82, 2.24) is 4.90 Å². The fraction of sp³-hybridized carbons (Fsp3) is 0.625. The van der Waals surface area contributed by atoms with Gasteiger partial charge in [0.2, 0.25) is 0 Å². The zero-order valence-corrected chi connectivity index (χ0v) is 12.4. The van der Waals surface area contributed by atoms with Crippen molar-refractivity contribution in [3.63, 3.8) is 0 Å². The third-order valence-corrected chi connectivity index (χ3v) is 4.60. The Labute approximate surface area is 124 Å². The van der Waals surface area contributed by atoms with Gasteiger partial charge in [-0.25, -0.2) is 0 Å². The number of fused-ring (bicyclic) bond motifs is 2. The predicted molar refractivity (Wildman–Crippen MR) is 80.7 cm³/mol. The van der Waals surface area contributed by atoms with Gasteiger partial charge in [-0.3, -0.25) is 4.90 Å². The van der Waals surface area contributed by atoms with Crippen LogP contribution in [0.1, 0.15) is 24.5 Å². The average molecular weight is 290 g/mol. The summed E-state index contributed by atoms with van der Waals surface area (Å²) in [5.41, 5.74) is 2.76. The molecular weight excluding hydrogens is 268 g/mol. The quantitative estimate of drug-likeness (QED) is 0.862. The van der Waals surface area contributed by atoms with Crippen molar-refractivity contribution in [1.29, 1.82) is 0 Å². The molecule has 114 valence electrons. The van der Waals surface area contributed by atoms with E-state index in [0.717, 1.165) is 31.5 Å². The Morgan fingerprint density at radius 3 is 3.00 bits per heavy atom. The number of aliphatic hydroxyl groups is 1. The molecule has 5 heteroatoms. The summed E-state index contributed by atoms with van der Waals surface area (Å²) in [4.78, 5) is 13.4. The SMILES string of the molecule is CCCN1C[C@H](CO)O[C@@H]2Cc3c(cccc3N=O)C[C@H]21. The molecular formula is C16H22N2O3. The molecule has 1 aliphatic carbocycles. The molecule has 1 aliphatic heterocycles. The van der Waals surface area contributed by atoms with Gasteiger partial charge >= 0.3 is 0 Å². The molecule has 3 atom stereocenters. The highest BCUT2D eigenvalue weighted by Gasteiger charge is 2.40. The number of rotatable bonds is 4. The molecule has 0 bridgehead atoms. The minimum atomic E-state index is -0.129. The van der Waals surface area contributed by atoms with Crippen LogP contribution in [0.2, 0.25) is 0 Å². The number of benzene rings is 1. The standard InChI is InChI=1S/C16H22N2O3/c1-2-6-18-9-12(10-19)21-16-8-13-11(7-15(16)18)4-3-5-14(13)17-20/h3-5,12,15-16,19H,2,6-10H2,1H3/t12-,15-,16-/m1/s1. The number of hydrogen-bond acceptors (Lipinski definition) is 5. The highest BCUT2D eigenvalue weighted by atomic mass is 16.5. The first-order valence-electron chi connectivity index (χ1n) is 7.71. The molecule has 5 nitrogen and oxygen atoms in total. The van der Waals surface area contributed by atoms with Gasteiger partial charge in [0.05, 0.1) is 18.8 Å². The lowest BCUT2D eigenvalue weighted by atomic mass is 9.83. The Hall–Kier alpha value is -1.30. The molecule has 1 aromatic rings. The molecule has 1 saturated heterocycles. The summed E-state index contributed by atoms with van der Waals surface area (Å²) in [6.45, 7) is 4.02. The summed E-state index contributed by atoms with van der Waals surface area (Å²) in [7, 11) is 0. The smallest absolute Gasteiger partial charge is 0.111 e. The van der Waals surface area contributed by atoms with E-state index < -0.39 is 0 Å². The van der Waals surface area contributed by atoms with Crippen LogP contribution in [0, 0.1) is 4.91 Å². The van der Waals surface area contributed by atoms with Crippen LogP contribution in [-0.4, -0.2) is 48.0 Å². The summed E-state index contributed by atoms with van der Waals surface area (Å²) < 4.78 is 6.04. The van der Waals surface area contributed by atoms with Crippen molar-refractivity contribution in [3.05, 3.63) is 34.2 Å². The van der Waals surface area contributed by atoms with E-state index in [4.69, 9.17) is 4.74 Å². The Balaban J connectivity index is 1.90. The molecule has 0 radical (unpaired) electrons. The predicted octanol–water partition coefficient (Wildman–Crippen LogP) is 2.02. The van der Waals surface area contributed by atoms with Crippen LogP contribution in [0.25, 0.3) is 0 Å². The maximum Gasteiger partial charge on any atom is 0.111 e. The molecule has 0 aromatic heterocycles. The molecule has 2 aliphatic rings. The Kier molecular flexibility index (Phi) is 4.33. The maximum absolute atomic E-state index is 11.0. The summed E-state index contributed by atoms with van der Waals surface area (Å²) in [6.07, 6.45) is 2.60. The summed E-state index contributed by atoms with van der Waals surface area (Å²) in [5, 5.41) is 12.6. The fourth-order valence-electron chi connectivity index (χ4n) is 3.66. The van der Waals surface area contributed by atoms with Gasteiger partial charge < -0.3 is 9.84 Å². The molecule has 0 unspecified atom stereocenters. The van der Waals surface area contributed by atoms with Crippen LogP contribution in [0.5, 0.6) is 0 Å². The van der Waals surface area contributed by atoms with Crippen molar-refractivity contribution < 1.29 is 9.84 Å². The Bertz CT molecular complexity index is 520. The highest BCUT2D eigenvalue weighted by molar-refractivity contribution is 5.52. The van der Waals surface area contributed by atoms with E-state index >= 15 is 0 Å². The third kappa shape index (κ3) is 2.73. The average Bonchev–Trinajstić information content (AvgIpc) is 2.52. The summed E-state index contributed by atoms with van der Waals surface area (Å²) in [6, 6.07) is 6.09. The minimum absolute atomic E-state index is 0.0397. The third-order valence-electron chi connectivity index (χ3n) is 4.60. The zero-order chi connectivity index (χ0) is 14.8. The number of morpholine rings is 1. The van der Waals surface area contributed by atoms with Crippen LogP contribution in [0.3, 0.4) is 0 Å². The number of nitrogens with zero attached hydrogens (tertiary/aromatic N) is 2. The van der Waals surface area contributed by atoms with Gasteiger partial charge in [0.15, 0.2) is 0 Å². The van der Waals surface area contributed by atoms with Crippen LogP contribution in [0.15, 0.2) is 23.4 Å². The number of ether oxygens (including phenoxy) is 1. The van der Waals surface area contributed by atoms with Crippen LogP contribution >= 0.6 is 0 Å². The number of nitroso groups, excluding NO2 is 1. The van der Waals surface area contributed by atoms with E-state index in [0.29, 0.717) is 18.2 Å². The molecule has 1 aromatic carbocycles. The van der Waals surface area contributed by atoms with E-state index in [1.165, 1.54) is 5.56 Å². The molecule has 1 fully saturated rings. The van der Waals surface area contributed by atoms with Gasteiger partial charge in [-0.15, -0.1) is 4.91 Å². The number of aliphatic hydroxyl groups excluding tert-OH is 1. The highest BCUT2D eigenvalue weighted by Crippen LogP contribution is 2.35. The van der Waals surface area contributed by atoms with Crippen molar-refractivity contribution in [2.45, 2.75) is 44.4 Å². The first kappa shape index (κ1) is 14.6. The van der Waals surface area contributed by atoms with Crippen molar-refractivity contribution in [2.75, 3.05) is 19.7 Å². The van der Waals surface area contributed by atoms with E-state index in [9.17, 15) is 10.0 Å². The fourth-order valence-corrected chi connectivity index (χ4v) is 3.66. The van der Waals surface area contributed by atoms with Crippen molar-refractivity contribution in [2.24, 2.45) is 5.18 Å². The lowest BCUT2D eigenvalue weighted by molar-refractivity contribution is -0.135. The summed E-state index contributed by atoms with van der Waals surface area (Å²) in [5.74, 6) is 0. The summed E-state index contributed by atoms with van der Waals surface area (Å²) >= 11 is 0. The first-order chi connectivity index (χ1) is 10.3. The molecule has 0 spiro atoms. The van der Waals surface area contributed by atoms with Gasteiger partial charge in [0, 0.05) is 19.0 Å². The Morgan fingerprint density at radius 1 is 1.43 bits per heavy atom. The Morgan fingerprint density at radius 2 is 2.29 bits per heavy atom. The van der Waals surface area contributed by atoms with E-state index in [-0.39, 0.29) is 18.8 Å². The largest absolute Gasteiger partial charge is 0.394 e. The van der Waals surface area contributed by atoms with Crippen molar-refractivity contribution in [3.8, 4) is 0 Å². The second-order valence-corrected chi connectivity index (χ2v) is 5.96. The number of hydrogen-bond donors (Lipinski definition) is 1. The molecule has 21 heavy (non-hydrogen) atoms. The normalized spacial score (nSPS) is 28.8. The van der Waals surface area contributed by atoms with Crippen LogP contribution < -0.4 is 0 Å². The van der Waals surface area contributed by atoms with Gasteiger partial charge in [-0.2, -0.15) is 0 Å². The maximum atomic E-state index is 11.0. The van der Waals surface area contributed by atoms with Crippen LogP contribution in [-0.2, 0) is 17.6 Å². The second kappa shape index (κ2) is 6.22. The minimum Gasteiger partial charge on any atom is -0.394 e. The van der Waals surface area contributed by atoms with Gasteiger partial charge in [0.1, 0.15) is 5.69 Å². The molecule has 3 rings (SSSR count). The van der Waals surface area contributed by atoms with E-state index in [1.54, 1.807) is 6.07 Å². The van der Waals surface area contributed by atoms with Gasteiger partial charge in [-0.1, -0.05) is 19.1 Å². The van der Waals surface area contributed by atoms with E-state index in [1.807, 2.05) is 6.07 Å². The lowest BCUT2D eigenvalue weighted by Gasteiger charge is -2.47. The molecule has 0 amide bonds. The van der Waals surface area contributed by atoms with E-state index in [2.05, 4.69) is 23.1 Å². The topological polar surface area (TPSA) is 62.1 Å². The second-order valence-electron chi connectivity index (χ2n) is 5.96. The zero-order valence-electron chi connectivity index (χ0n) is 12.4. The first-order valence-corrected chi connectivity index (χ1v) is 7.71. The molecule has 1 N–H and O–H groups in total. The monoisotopic (exact) mass is 290 g/mol. The molecule has 0 saturated carbocycles.